The molecule has 4 aromatic rings. The van der Waals surface area contributed by atoms with Crippen molar-refractivity contribution in [1.29, 1.82) is 0 Å². The average Bonchev–Trinajstić information content (AvgIpc) is 3.41. The molecule has 182 valence electrons. The summed E-state index contributed by atoms with van der Waals surface area (Å²) in [5.41, 5.74) is 2.96. The fourth-order valence-corrected chi connectivity index (χ4v) is 6.54. The lowest BCUT2D eigenvalue weighted by atomic mass is 10.1. The third-order valence-corrected chi connectivity index (χ3v) is 8.45. The molecule has 4 rings (SSSR count). The number of anilines is 1. The number of nitrogens with one attached hydrogen (secondary N) is 1. The number of thioether (sulfide) groups is 2. The molecule has 35 heavy (non-hydrogen) atoms. The number of carbonyl (C=O) groups is 1. The van der Waals surface area contributed by atoms with Crippen molar-refractivity contribution >= 4 is 69.1 Å². The molecule has 0 unspecified atom stereocenters. The van der Waals surface area contributed by atoms with Gasteiger partial charge in [-0.05, 0) is 31.5 Å². The van der Waals surface area contributed by atoms with Gasteiger partial charge in [0, 0.05) is 32.8 Å². The lowest BCUT2D eigenvalue weighted by Crippen LogP contribution is -2.14. The predicted octanol–water partition coefficient (Wildman–Crippen LogP) is 7.20. The number of halogens is 2. The molecule has 1 N–H and O–H groups in total. The van der Waals surface area contributed by atoms with Gasteiger partial charge in [0.1, 0.15) is 5.82 Å². The van der Waals surface area contributed by atoms with Gasteiger partial charge in [-0.2, -0.15) is 0 Å². The van der Waals surface area contributed by atoms with Crippen molar-refractivity contribution in [3.8, 4) is 11.3 Å². The third kappa shape index (κ3) is 6.80. The van der Waals surface area contributed by atoms with E-state index in [1.165, 1.54) is 23.1 Å². The van der Waals surface area contributed by atoms with Crippen LogP contribution in [0.3, 0.4) is 0 Å². The van der Waals surface area contributed by atoms with Crippen LogP contribution in [0.5, 0.6) is 0 Å². The molecule has 0 bridgehead atoms. The minimum Gasteiger partial charge on any atom is -0.306 e. The SMILES string of the molecule is CCn1c(CSCc2ccc(Cl)cc2Cl)nnc1SCC(=O)Nc1nc(-c2ccccc2)c(C)s1. The van der Waals surface area contributed by atoms with E-state index >= 15 is 0 Å². The fourth-order valence-electron chi connectivity index (χ4n) is 3.34. The van der Waals surface area contributed by atoms with E-state index in [0.29, 0.717) is 20.9 Å². The van der Waals surface area contributed by atoms with E-state index in [2.05, 4.69) is 20.5 Å². The molecule has 2 aromatic carbocycles. The summed E-state index contributed by atoms with van der Waals surface area (Å²) in [6.07, 6.45) is 0. The van der Waals surface area contributed by atoms with Gasteiger partial charge in [0.25, 0.3) is 0 Å². The summed E-state index contributed by atoms with van der Waals surface area (Å²) in [6.45, 7) is 4.77. The van der Waals surface area contributed by atoms with E-state index in [4.69, 9.17) is 23.2 Å². The lowest BCUT2D eigenvalue weighted by Gasteiger charge is -2.08. The maximum atomic E-state index is 12.6. The molecule has 0 aliphatic heterocycles. The molecule has 0 radical (unpaired) electrons. The Morgan fingerprint density at radius 3 is 2.66 bits per heavy atom. The first-order chi connectivity index (χ1) is 16.9. The van der Waals surface area contributed by atoms with Crippen molar-refractivity contribution in [2.45, 2.75) is 37.1 Å². The molecule has 0 atom stereocenters. The van der Waals surface area contributed by atoms with E-state index in [0.717, 1.165) is 45.0 Å². The summed E-state index contributed by atoms with van der Waals surface area (Å²) >= 11 is 16.8. The van der Waals surface area contributed by atoms with Crippen LogP contribution in [0, 0.1) is 6.92 Å². The highest BCUT2D eigenvalue weighted by Gasteiger charge is 2.16. The first-order valence-corrected chi connectivity index (χ1v) is 14.5. The smallest absolute Gasteiger partial charge is 0.236 e. The standard InChI is InChI=1S/C24H23Cl2N5OS3/c1-3-31-20(13-33-12-17-9-10-18(25)11-19(17)26)29-30-24(31)34-14-21(32)27-23-28-22(15(2)35-23)16-7-5-4-6-8-16/h4-11H,3,12-14H2,1-2H3,(H,27,28,32). The minimum absolute atomic E-state index is 0.123. The summed E-state index contributed by atoms with van der Waals surface area (Å²) in [4.78, 5) is 18.3. The summed E-state index contributed by atoms with van der Waals surface area (Å²) in [5, 5.41) is 14.2. The molecule has 0 fully saturated rings. The molecule has 1 amide bonds. The zero-order valence-electron chi connectivity index (χ0n) is 19.1. The molecular formula is C24H23Cl2N5OS3. The second-order valence-corrected chi connectivity index (χ2v) is 11.5. The number of carbonyl (C=O) groups excluding carboxylic acids is 1. The van der Waals surface area contributed by atoms with Gasteiger partial charge < -0.3 is 9.88 Å². The molecule has 0 saturated carbocycles. The Labute approximate surface area is 226 Å². The minimum atomic E-state index is -0.123. The molecule has 0 spiro atoms. The number of aromatic nitrogens is 4. The van der Waals surface area contributed by atoms with Crippen molar-refractivity contribution < 1.29 is 4.79 Å². The number of aryl methyl sites for hydroxylation is 1. The van der Waals surface area contributed by atoms with Crippen LogP contribution in [0.25, 0.3) is 11.3 Å². The molecule has 2 aromatic heterocycles. The lowest BCUT2D eigenvalue weighted by molar-refractivity contribution is -0.113. The molecule has 2 heterocycles. The van der Waals surface area contributed by atoms with Crippen LogP contribution in [0.1, 0.15) is 23.2 Å². The number of benzene rings is 2. The summed E-state index contributed by atoms with van der Waals surface area (Å²) in [6, 6.07) is 15.5. The van der Waals surface area contributed by atoms with Gasteiger partial charge in [0.05, 0.1) is 17.2 Å². The maximum Gasteiger partial charge on any atom is 0.236 e. The fraction of sp³-hybridized carbons (Fsp3) is 0.250. The maximum absolute atomic E-state index is 12.6. The zero-order chi connectivity index (χ0) is 24.8. The Morgan fingerprint density at radius 2 is 1.91 bits per heavy atom. The number of hydrogen-bond acceptors (Lipinski definition) is 7. The Hall–Kier alpha value is -2.04. The second kappa shape index (κ2) is 12.3. The van der Waals surface area contributed by atoms with Crippen molar-refractivity contribution in [3.63, 3.8) is 0 Å². The van der Waals surface area contributed by atoms with Crippen LogP contribution in [-0.4, -0.2) is 31.4 Å². The normalized spacial score (nSPS) is 11.1. The Morgan fingerprint density at radius 1 is 1.11 bits per heavy atom. The Kier molecular flexibility index (Phi) is 9.13. The van der Waals surface area contributed by atoms with Crippen molar-refractivity contribution in [3.05, 3.63) is 74.8 Å². The quantitative estimate of drug-likeness (QED) is 0.205. The van der Waals surface area contributed by atoms with Crippen molar-refractivity contribution in [2.75, 3.05) is 11.1 Å². The number of hydrogen-bond donors (Lipinski definition) is 1. The number of nitrogens with zero attached hydrogens (tertiary/aromatic N) is 4. The average molecular weight is 565 g/mol. The van der Waals surface area contributed by atoms with E-state index in [1.54, 1.807) is 17.8 Å². The monoisotopic (exact) mass is 563 g/mol. The largest absolute Gasteiger partial charge is 0.306 e. The van der Waals surface area contributed by atoms with Crippen LogP contribution in [0.15, 0.2) is 53.7 Å². The van der Waals surface area contributed by atoms with Crippen LogP contribution >= 0.6 is 58.1 Å². The molecular weight excluding hydrogens is 541 g/mol. The number of rotatable bonds is 10. The Balaban J connectivity index is 1.31. The highest BCUT2D eigenvalue weighted by atomic mass is 35.5. The van der Waals surface area contributed by atoms with Crippen molar-refractivity contribution in [1.82, 2.24) is 19.7 Å². The van der Waals surface area contributed by atoms with Crippen LogP contribution in [-0.2, 0) is 22.8 Å². The molecule has 11 heteroatoms. The predicted molar refractivity (Wildman–Crippen MR) is 149 cm³/mol. The van der Waals surface area contributed by atoms with Crippen molar-refractivity contribution in [2.24, 2.45) is 0 Å². The van der Waals surface area contributed by atoms with Gasteiger partial charge in [-0.15, -0.1) is 33.3 Å². The van der Waals surface area contributed by atoms with E-state index in [1.807, 2.05) is 60.9 Å². The van der Waals surface area contributed by atoms with Gasteiger partial charge in [-0.1, -0.05) is 71.4 Å². The molecule has 0 aliphatic carbocycles. The summed E-state index contributed by atoms with van der Waals surface area (Å²) in [7, 11) is 0. The van der Waals surface area contributed by atoms with Gasteiger partial charge in [-0.25, -0.2) is 4.98 Å². The van der Waals surface area contributed by atoms with E-state index < -0.39 is 0 Å². The highest BCUT2D eigenvalue weighted by molar-refractivity contribution is 7.99. The van der Waals surface area contributed by atoms with Crippen LogP contribution in [0.4, 0.5) is 5.13 Å². The van der Waals surface area contributed by atoms with Gasteiger partial charge in [0.15, 0.2) is 10.3 Å². The van der Waals surface area contributed by atoms with Gasteiger partial charge >= 0.3 is 0 Å². The Bertz CT molecular complexity index is 1310. The first kappa shape index (κ1) is 26.0. The zero-order valence-corrected chi connectivity index (χ0v) is 23.1. The first-order valence-electron chi connectivity index (χ1n) is 10.8. The topological polar surface area (TPSA) is 72.7 Å². The molecule has 6 nitrogen and oxygen atoms in total. The van der Waals surface area contributed by atoms with Crippen LogP contribution in [0.2, 0.25) is 10.0 Å². The van der Waals surface area contributed by atoms with Crippen LogP contribution < -0.4 is 5.32 Å². The highest BCUT2D eigenvalue weighted by Crippen LogP contribution is 2.31. The third-order valence-electron chi connectivity index (χ3n) is 5.04. The summed E-state index contributed by atoms with van der Waals surface area (Å²) < 4.78 is 2.04. The number of thiazole rings is 1. The van der Waals surface area contributed by atoms with Gasteiger partial charge in [0.2, 0.25) is 5.91 Å². The van der Waals surface area contributed by atoms with E-state index in [-0.39, 0.29) is 11.7 Å². The van der Waals surface area contributed by atoms with E-state index in [9.17, 15) is 4.79 Å². The summed E-state index contributed by atoms with van der Waals surface area (Å²) in [5.74, 6) is 2.41. The molecule has 0 aliphatic rings. The van der Waals surface area contributed by atoms with Gasteiger partial charge in [-0.3, -0.25) is 4.79 Å². The second-order valence-electron chi connectivity index (χ2n) is 7.50. The number of amides is 1. The molecule has 0 saturated heterocycles.